The number of cyclic esters (lactones) is 1. The van der Waals surface area contributed by atoms with Gasteiger partial charge in [-0.05, 0) is 90.8 Å². The van der Waals surface area contributed by atoms with Crippen LogP contribution in [-0.2, 0) is 48.5 Å². The van der Waals surface area contributed by atoms with Gasteiger partial charge in [0, 0.05) is 69.2 Å². The fraction of sp³-hybridized carbons (Fsp3) is 0.477. The lowest BCUT2D eigenvalue weighted by Crippen LogP contribution is -2.62. The van der Waals surface area contributed by atoms with Crippen molar-refractivity contribution in [2.24, 2.45) is 18.4 Å². The topological polar surface area (TPSA) is 155 Å². The number of phenols is 1. The van der Waals surface area contributed by atoms with Gasteiger partial charge >= 0.3 is 5.97 Å². The molecule has 3 amide bonds. The second-order valence-electron chi connectivity index (χ2n) is 16.7. The Morgan fingerprint density at radius 3 is 2.56 bits per heavy atom. The van der Waals surface area contributed by atoms with Crippen LogP contribution >= 0.6 is 0 Å². The van der Waals surface area contributed by atoms with Crippen LogP contribution in [0, 0.1) is 11.3 Å². The van der Waals surface area contributed by atoms with Crippen molar-refractivity contribution in [3.63, 3.8) is 0 Å². The van der Waals surface area contributed by atoms with Crippen molar-refractivity contribution in [3.05, 3.63) is 71.5 Å². The summed E-state index contributed by atoms with van der Waals surface area (Å²) in [7, 11) is 5.27. The molecular weight excluding hydrogens is 725 g/mol. The number of phenolic OH excluding ortho intramolecular Hbond substituents is 1. The molecule has 2 aliphatic rings. The molecule has 4 aromatic rings. The van der Waals surface area contributed by atoms with Crippen molar-refractivity contribution < 1.29 is 33.8 Å². The van der Waals surface area contributed by atoms with Crippen LogP contribution in [0.3, 0.4) is 0 Å². The van der Waals surface area contributed by atoms with Crippen molar-refractivity contribution in [1.29, 1.82) is 0 Å². The molecule has 1 saturated heterocycles. The number of nitrogens with one attached hydrogen (secondary N) is 2. The number of pyridine rings is 1. The summed E-state index contributed by atoms with van der Waals surface area (Å²) in [5, 5.41) is 16.5. The minimum Gasteiger partial charge on any atom is -0.508 e. The first-order valence-electron chi connectivity index (χ1n) is 19.7. The first-order valence-corrected chi connectivity index (χ1v) is 19.7. The number of carbonyl (C=O) groups is 4. The molecule has 3 N–H and O–H groups in total. The number of benzene rings is 2. The third-order valence-corrected chi connectivity index (χ3v) is 11.3. The third-order valence-electron chi connectivity index (χ3n) is 11.3. The first kappa shape index (κ1) is 41.4. The highest BCUT2D eigenvalue weighted by molar-refractivity contribution is 5.96. The number of hydrogen-bond donors (Lipinski definition) is 3. The Morgan fingerprint density at radius 2 is 1.86 bits per heavy atom. The van der Waals surface area contributed by atoms with Gasteiger partial charge in [-0.1, -0.05) is 39.8 Å². The molecule has 13 nitrogen and oxygen atoms in total. The van der Waals surface area contributed by atoms with Gasteiger partial charge in [0.1, 0.15) is 23.9 Å². The molecule has 57 heavy (non-hydrogen) atoms. The fourth-order valence-electron chi connectivity index (χ4n) is 8.25. The van der Waals surface area contributed by atoms with E-state index in [1.54, 1.807) is 32.5 Å². The summed E-state index contributed by atoms with van der Waals surface area (Å²) in [6.07, 6.45) is 3.09. The Bertz CT molecular complexity index is 2180. The summed E-state index contributed by atoms with van der Waals surface area (Å²) >= 11 is 0. The molecule has 0 radical (unpaired) electrons. The SMILES string of the molecule is CO[C@@H](C)c1ncccc1-c1c2c3cc(ccc3n1C)-c1cc(O)cc(c1)C[C@H](NC(=O)[C@H](C(C)C)N(C)C(C)=O)C(=O)N1CCC[C@H](N1)C(=O)OCC(C)(C)C2. The Hall–Kier alpha value is -5.27. The number of hydrogen-bond acceptors (Lipinski definition) is 9. The highest BCUT2D eigenvalue weighted by Crippen LogP contribution is 2.41. The molecule has 0 spiro atoms. The van der Waals surface area contributed by atoms with Crippen molar-refractivity contribution in [3.8, 4) is 28.1 Å². The molecule has 4 heterocycles. The average molecular weight is 781 g/mol. The molecule has 2 aliphatic heterocycles. The quantitative estimate of drug-likeness (QED) is 0.207. The zero-order valence-electron chi connectivity index (χ0n) is 34.5. The molecule has 6 rings (SSSR count). The first-order chi connectivity index (χ1) is 27.0. The van der Waals surface area contributed by atoms with E-state index in [2.05, 4.69) is 47.4 Å². The zero-order chi connectivity index (χ0) is 41.3. The number of aryl methyl sites for hydroxylation is 1. The molecule has 304 valence electrons. The van der Waals surface area contributed by atoms with Crippen LogP contribution in [0.15, 0.2) is 54.7 Å². The van der Waals surface area contributed by atoms with Gasteiger partial charge in [-0.2, -0.15) is 0 Å². The van der Waals surface area contributed by atoms with Gasteiger partial charge in [0.05, 0.1) is 24.1 Å². The largest absolute Gasteiger partial charge is 0.508 e. The summed E-state index contributed by atoms with van der Waals surface area (Å²) in [6, 6.07) is 12.7. The molecule has 0 saturated carbocycles. The standard InChI is InChI=1S/C44H56N6O7/c1-25(2)39(48(7)27(4)51)41(53)46-36-20-28-18-30(21-31(52)19-28)29-14-15-37-33(22-29)34(40(49(37)8)32-12-10-16-45-38(32)26(3)56-9)23-44(5,6)24-57-43(55)35-13-11-17-50(47-35)42(36)54/h10,12,14-16,18-19,21-22,25-26,35-36,39,47,52H,11,13,17,20,23-24H2,1-9H3,(H,46,53)/t26-,35-,36-,39-/m0/s1. The van der Waals surface area contributed by atoms with Crippen LogP contribution in [0.2, 0.25) is 0 Å². The predicted octanol–water partition coefficient (Wildman–Crippen LogP) is 5.47. The number of aromatic hydroxyl groups is 1. The molecule has 2 aromatic carbocycles. The van der Waals surface area contributed by atoms with Crippen LogP contribution in [-0.4, -0.2) is 93.7 Å². The van der Waals surface area contributed by atoms with Crippen LogP contribution in [0.25, 0.3) is 33.3 Å². The number of likely N-dealkylation sites (N-methyl/N-ethyl adjacent to an activating group) is 1. The maximum Gasteiger partial charge on any atom is 0.324 e. The van der Waals surface area contributed by atoms with Crippen molar-refractivity contribution in [2.75, 3.05) is 27.3 Å². The van der Waals surface area contributed by atoms with Crippen LogP contribution in [0.5, 0.6) is 5.75 Å². The lowest BCUT2D eigenvalue weighted by molar-refractivity contribution is -0.155. The Morgan fingerprint density at radius 1 is 1.11 bits per heavy atom. The minimum absolute atomic E-state index is 0.00784. The number of fused-ring (bicyclic) bond motifs is 6. The average Bonchev–Trinajstić information content (AvgIpc) is 3.44. The van der Waals surface area contributed by atoms with Crippen LogP contribution in [0.4, 0.5) is 0 Å². The van der Waals surface area contributed by atoms with Crippen molar-refractivity contribution in [2.45, 2.75) is 91.5 Å². The molecule has 0 unspecified atom stereocenters. The Labute approximate surface area is 334 Å². The third kappa shape index (κ3) is 8.69. The van der Waals surface area contributed by atoms with Gasteiger partial charge in [0.15, 0.2) is 0 Å². The van der Waals surface area contributed by atoms with Gasteiger partial charge in [-0.3, -0.25) is 29.2 Å². The van der Waals surface area contributed by atoms with E-state index in [1.807, 2.05) is 46.0 Å². The highest BCUT2D eigenvalue weighted by Gasteiger charge is 2.37. The summed E-state index contributed by atoms with van der Waals surface area (Å²) in [4.78, 5) is 60.5. The fourth-order valence-corrected chi connectivity index (χ4v) is 8.25. The van der Waals surface area contributed by atoms with E-state index in [1.165, 1.54) is 16.8 Å². The number of amides is 3. The molecular formula is C44H56N6O7. The molecule has 1 fully saturated rings. The second kappa shape index (κ2) is 16.7. The van der Waals surface area contributed by atoms with Gasteiger partial charge in [-0.25, -0.2) is 5.43 Å². The lowest BCUT2D eigenvalue weighted by atomic mass is 9.84. The lowest BCUT2D eigenvalue weighted by Gasteiger charge is -2.36. The van der Waals surface area contributed by atoms with Crippen LogP contribution in [0.1, 0.15) is 77.3 Å². The predicted molar refractivity (Wildman–Crippen MR) is 218 cm³/mol. The van der Waals surface area contributed by atoms with E-state index in [0.717, 1.165) is 44.5 Å². The van der Waals surface area contributed by atoms with E-state index in [4.69, 9.17) is 14.5 Å². The van der Waals surface area contributed by atoms with Gasteiger partial charge < -0.3 is 29.4 Å². The Balaban J connectivity index is 1.51. The van der Waals surface area contributed by atoms with Crippen molar-refractivity contribution in [1.82, 2.24) is 30.2 Å². The van der Waals surface area contributed by atoms with Gasteiger partial charge in [-0.15, -0.1) is 0 Å². The number of rotatable bonds is 7. The normalized spacial score (nSPS) is 19.8. The zero-order valence-corrected chi connectivity index (χ0v) is 34.5. The summed E-state index contributed by atoms with van der Waals surface area (Å²) in [5.41, 5.74) is 9.54. The van der Waals surface area contributed by atoms with E-state index in [9.17, 15) is 24.3 Å². The van der Waals surface area contributed by atoms with Crippen molar-refractivity contribution >= 4 is 34.6 Å². The summed E-state index contributed by atoms with van der Waals surface area (Å²) in [6.45, 7) is 11.6. The molecule has 6 bridgehead atoms. The summed E-state index contributed by atoms with van der Waals surface area (Å²) < 4.78 is 14.0. The van der Waals surface area contributed by atoms with Crippen LogP contribution < -0.4 is 10.7 Å². The van der Waals surface area contributed by atoms with Gasteiger partial charge in [0.25, 0.3) is 5.91 Å². The number of ether oxygens (including phenoxy) is 2. The number of aromatic nitrogens is 2. The van der Waals surface area contributed by atoms with E-state index >= 15 is 0 Å². The molecule has 4 atom stereocenters. The number of hydrazine groups is 1. The number of methoxy groups -OCH3 is 1. The number of esters is 1. The van der Waals surface area contributed by atoms with Gasteiger partial charge in [0.2, 0.25) is 11.8 Å². The maximum absolute atomic E-state index is 14.4. The second-order valence-corrected chi connectivity index (χ2v) is 16.7. The summed E-state index contributed by atoms with van der Waals surface area (Å²) in [5.74, 6) is -1.91. The molecule has 2 aromatic heterocycles. The smallest absolute Gasteiger partial charge is 0.324 e. The molecule has 0 aliphatic carbocycles. The highest BCUT2D eigenvalue weighted by atomic mass is 16.5. The van der Waals surface area contributed by atoms with E-state index in [0.29, 0.717) is 31.4 Å². The number of carbonyl (C=O) groups excluding carboxylic acids is 4. The maximum atomic E-state index is 14.4. The van der Waals surface area contributed by atoms with E-state index < -0.39 is 41.3 Å². The minimum atomic E-state index is -1.09. The molecule has 13 heteroatoms. The van der Waals surface area contributed by atoms with E-state index in [-0.39, 0.29) is 36.7 Å². The number of nitrogens with zero attached hydrogens (tertiary/aromatic N) is 4. The Kier molecular flexibility index (Phi) is 12.1. The monoisotopic (exact) mass is 780 g/mol.